The number of aliphatic hydroxyl groups is 2. The second-order valence-corrected chi connectivity index (χ2v) is 11.9. The van der Waals surface area contributed by atoms with E-state index in [2.05, 4.69) is 10.0 Å². The van der Waals surface area contributed by atoms with Gasteiger partial charge in [-0.15, -0.1) is 0 Å². The minimum atomic E-state index is -4.36. The van der Waals surface area contributed by atoms with E-state index in [-0.39, 0.29) is 17.0 Å². The Morgan fingerprint density at radius 3 is 2.44 bits per heavy atom. The predicted octanol–water partition coefficient (Wildman–Crippen LogP) is 3.96. The molecule has 0 spiro atoms. The first-order chi connectivity index (χ1) is 18.5. The van der Waals surface area contributed by atoms with Crippen molar-refractivity contribution in [3.63, 3.8) is 0 Å². The summed E-state index contributed by atoms with van der Waals surface area (Å²) in [6, 6.07) is 14.5. The molecule has 1 fully saturated rings. The van der Waals surface area contributed by atoms with E-state index in [1.54, 1.807) is 24.3 Å². The number of nitrogens with one attached hydrogen (secondary N) is 2. The van der Waals surface area contributed by atoms with E-state index in [0.717, 1.165) is 23.3 Å². The lowest BCUT2D eigenvalue weighted by atomic mass is 9.94. The second kappa shape index (κ2) is 9.91. The van der Waals surface area contributed by atoms with Crippen molar-refractivity contribution >= 4 is 21.6 Å². The third-order valence-corrected chi connectivity index (χ3v) is 8.89. The number of aryl methyl sites for hydroxylation is 1. The summed E-state index contributed by atoms with van der Waals surface area (Å²) in [4.78, 5) is 12.7. The van der Waals surface area contributed by atoms with Crippen LogP contribution in [-0.4, -0.2) is 50.1 Å². The Kier molecular flexibility index (Phi) is 6.88. The van der Waals surface area contributed by atoms with E-state index >= 15 is 4.39 Å². The van der Waals surface area contributed by atoms with Gasteiger partial charge in [0.1, 0.15) is 10.7 Å². The van der Waals surface area contributed by atoms with Crippen LogP contribution in [0.15, 0.2) is 59.5 Å². The number of hydrogen-bond donors (Lipinski definition) is 4. The van der Waals surface area contributed by atoms with Crippen LogP contribution in [0.3, 0.4) is 0 Å². The molecule has 39 heavy (non-hydrogen) atoms. The Labute approximate surface area is 230 Å². The van der Waals surface area contributed by atoms with Crippen LogP contribution in [0.4, 0.5) is 10.1 Å². The van der Waals surface area contributed by atoms with Crippen molar-refractivity contribution in [3.05, 3.63) is 71.5 Å². The van der Waals surface area contributed by atoms with Gasteiger partial charge in [-0.3, -0.25) is 4.79 Å². The molecule has 3 aromatic carbocycles. The van der Waals surface area contributed by atoms with Crippen molar-refractivity contribution in [2.45, 2.75) is 42.5 Å². The van der Waals surface area contributed by atoms with Crippen molar-refractivity contribution in [2.75, 3.05) is 25.3 Å². The Balaban J connectivity index is 0.00000205. The highest BCUT2D eigenvalue weighted by molar-refractivity contribution is 7.89. The molecule has 2 aliphatic rings. The van der Waals surface area contributed by atoms with Gasteiger partial charge < -0.3 is 25.0 Å². The maximum absolute atomic E-state index is 15.1. The molecule has 1 saturated carbocycles. The van der Waals surface area contributed by atoms with E-state index in [4.69, 9.17) is 9.47 Å². The fourth-order valence-electron chi connectivity index (χ4n) is 4.61. The molecule has 0 atom stereocenters. The molecule has 212 valence electrons. The number of aliphatic hydroxyl groups excluding tert-OH is 2. The van der Waals surface area contributed by atoms with Crippen molar-refractivity contribution in [3.8, 4) is 22.6 Å². The molecule has 1 aliphatic heterocycles. The third kappa shape index (κ3) is 5.10. The molecule has 1 heterocycles. The highest BCUT2D eigenvalue weighted by Crippen LogP contribution is 2.51. The summed E-state index contributed by atoms with van der Waals surface area (Å²) in [7, 11) is -4.36. The molecule has 0 radical (unpaired) electrons. The lowest BCUT2D eigenvalue weighted by molar-refractivity contribution is -0.118. The minimum absolute atomic E-state index is 0. The van der Waals surface area contributed by atoms with Crippen LogP contribution in [0, 0.1) is 12.7 Å². The molecule has 3 aromatic rings. The Bertz CT molecular complexity index is 1570. The molecule has 4 N–H and O–H groups in total. The first-order valence-electron chi connectivity index (χ1n) is 12.4. The number of carbonyl (C=O) groups is 1. The molecular weight excluding hydrogens is 527 g/mol. The summed E-state index contributed by atoms with van der Waals surface area (Å²) in [6.45, 7) is 1.94. The zero-order chi connectivity index (χ0) is 28.0. The van der Waals surface area contributed by atoms with Gasteiger partial charge in [-0.1, -0.05) is 18.2 Å². The Morgan fingerprint density at radius 2 is 1.77 bits per heavy atom. The van der Waals surface area contributed by atoms with E-state index < -0.39 is 44.9 Å². The van der Waals surface area contributed by atoms with Gasteiger partial charge in [0, 0.05) is 9.97 Å². The molecule has 0 bridgehead atoms. The Morgan fingerprint density at radius 1 is 1.05 bits per heavy atom. The number of sulfonamides is 1. The van der Waals surface area contributed by atoms with Crippen molar-refractivity contribution < 1.29 is 41.6 Å². The van der Waals surface area contributed by atoms with Crippen LogP contribution in [0.5, 0.6) is 11.5 Å². The monoisotopic (exact) mass is 562 g/mol. The minimum Gasteiger partial charge on any atom is -0.454 e. The molecule has 5 rings (SSSR count). The van der Waals surface area contributed by atoms with Crippen LogP contribution < -0.4 is 19.5 Å². The fourth-order valence-corrected chi connectivity index (χ4v) is 6.06. The number of fused-ring (bicyclic) bond motifs is 1. The molecule has 0 aromatic heterocycles. The normalized spacial score (nSPS) is 15.7. The third-order valence-electron chi connectivity index (χ3n) is 7.22. The van der Waals surface area contributed by atoms with Gasteiger partial charge in [-0.2, -0.15) is 0 Å². The van der Waals surface area contributed by atoms with Gasteiger partial charge in [-0.05, 0) is 85.3 Å². The van der Waals surface area contributed by atoms with Crippen molar-refractivity contribution in [2.24, 2.45) is 0 Å². The first kappa shape index (κ1) is 27.1. The van der Waals surface area contributed by atoms with Crippen molar-refractivity contribution in [1.82, 2.24) is 4.72 Å². The number of hydrogen-bond acceptors (Lipinski definition) is 7. The van der Waals surface area contributed by atoms with Gasteiger partial charge in [0.25, 0.3) is 0 Å². The SMILES string of the molecule is Cc1ccc(NC(=O)C2(c3ccc4c(c3)OCO4)CC2)cc1-c1ccc(S(=O)(=O)NC(C)(CO)CO)c(F)c1.[HH].[HH].[HH]. The van der Waals surface area contributed by atoms with Crippen LogP contribution >= 0.6 is 0 Å². The lowest BCUT2D eigenvalue weighted by Crippen LogP contribution is -2.51. The molecule has 9 nitrogen and oxygen atoms in total. The van der Waals surface area contributed by atoms with Crippen molar-refractivity contribution in [1.29, 1.82) is 0 Å². The smallest absolute Gasteiger partial charge is 0.244 e. The number of ether oxygens (including phenoxy) is 2. The molecular formula is C28H35FN2O7S. The fraction of sp³-hybridized carbons (Fsp3) is 0.321. The van der Waals surface area contributed by atoms with E-state index in [0.29, 0.717) is 41.2 Å². The maximum Gasteiger partial charge on any atom is 0.244 e. The lowest BCUT2D eigenvalue weighted by Gasteiger charge is -2.26. The summed E-state index contributed by atoms with van der Waals surface area (Å²) in [5.74, 6) is 0.109. The summed E-state index contributed by atoms with van der Waals surface area (Å²) < 4.78 is 53.5. The van der Waals surface area contributed by atoms with Crippen LogP contribution in [-0.2, 0) is 20.2 Å². The number of anilines is 1. The number of halogens is 1. The summed E-state index contributed by atoms with van der Waals surface area (Å²) >= 11 is 0. The number of rotatable bonds is 9. The molecule has 1 aliphatic carbocycles. The standard InChI is InChI=1S/C28H29FN2O7S.3H2/c1-17-3-6-20(30-26(34)28(9-10-28)19-5-7-23-24(12-19)38-16-37-23)13-21(17)18-4-8-25(22(29)11-18)39(35,36)31-27(2,14-32)15-33;;;/h3-8,11-13,31-33H,9-10,14-16H2,1-2H3,(H,30,34);3*1H. The summed E-state index contributed by atoms with van der Waals surface area (Å²) in [5.41, 5.74) is 0.989. The van der Waals surface area contributed by atoms with Gasteiger partial charge in [0.15, 0.2) is 11.5 Å². The zero-order valence-corrected chi connectivity index (χ0v) is 22.3. The number of benzene rings is 3. The van der Waals surface area contributed by atoms with Crippen LogP contribution in [0.1, 0.15) is 35.2 Å². The largest absolute Gasteiger partial charge is 0.454 e. The van der Waals surface area contributed by atoms with E-state index in [9.17, 15) is 23.4 Å². The average Bonchev–Trinajstić information content (AvgIpc) is 3.59. The highest BCUT2D eigenvalue weighted by Gasteiger charge is 2.51. The molecule has 1 amide bonds. The highest BCUT2D eigenvalue weighted by atomic mass is 32.2. The van der Waals surface area contributed by atoms with E-state index in [1.807, 2.05) is 19.1 Å². The summed E-state index contributed by atoms with van der Waals surface area (Å²) in [6.07, 6.45) is 1.38. The molecule has 0 unspecified atom stereocenters. The first-order valence-corrected chi connectivity index (χ1v) is 13.9. The van der Waals surface area contributed by atoms with Crippen LogP contribution in [0.25, 0.3) is 11.1 Å². The molecule has 0 saturated heterocycles. The molecule has 11 heteroatoms. The second-order valence-electron chi connectivity index (χ2n) is 10.3. The number of carbonyl (C=O) groups excluding carboxylic acids is 1. The summed E-state index contributed by atoms with van der Waals surface area (Å²) in [5, 5.41) is 21.8. The quantitative estimate of drug-likeness (QED) is 0.310. The van der Waals surface area contributed by atoms with Crippen LogP contribution in [0.2, 0.25) is 0 Å². The number of amides is 1. The topological polar surface area (TPSA) is 134 Å². The average molecular weight is 563 g/mol. The van der Waals surface area contributed by atoms with Gasteiger partial charge in [-0.25, -0.2) is 17.5 Å². The van der Waals surface area contributed by atoms with Gasteiger partial charge >= 0.3 is 0 Å². The zero-order valence-electron chi connectivity index (χ0n) is 21.5. The Hall–Kier alpha value is -3.51. The van der Waals surface area contributed by atoms with E-state index in [1.165, 1.54) is 13.0 Å². The van der Waals surface area contributed by atoms with Gasteiger partial charge in [0.2, 0.25) is 22.7 Å². The maximum atomic E-state index is 15.1. The predicted molar refractivity (Wildman–Crippen MR) is 148 cm³/mol. The van der Waals surface area contributed by atoms with Gasteiger partial charge in [0.05, 0.1) is 24.2 Å².